The molecule has 8 nitrogen and oxygen atoms in total. The van der Waals surface area contributed by atoms with Gasteiger partial charge in [-0.1, -0.05) is 42.5 Å². The van der Waals surface area contributed by atoms with E-state index >= 15 is 0 Å². The number of ether oxygens (including phenoxy) is 1. The Morgan fingerprint density at radius 1 is 1.15 bits per heavy atom. The van der Waals surface area contributed by atoms with Crippen molar-refractivity contribution in [2.45, 2.75) is 13.3 Å². The zero-order chi connectivity index (χ0) is 18.5. The maximum absolute atomic E-state index is 12.3. The number of rotatable bonds is 6. The Balaban J connectivity index is 2.08. The van der Waals surface area contributed by atoms with Gasteiger partial charge in [0.1, 0.15) is 5.69 Å². The van der Waals surface area contributed by atoms with Crippen molar-refractivity contribution in [1.82, 2.24) is 14.8 Å². The fraction of sp³-hybridized carbons (Fsp3) is 0.167. The van der Waals surface area contributed by atoms with Gasteiger partial charge in [-0.15, -0.1) is 5.10 Å². The maximum atomic E-state index is 12.3. The molecule has 0 atom stereocenters. The van der Waals surface area contributed by atoms with Crippen molar-refractivity contribution in [3.8, 4) is 5.69 Å². The molecule has 0 amide bonds. The first kappa shape index (κ1) is 17.3. The molecule has 3 aromatic rings. The SMILES string of the molecule is CCOC(=O)c1nc(Cc2ccccc2)nn1-c1ccccc1[N+](=O)[O-]. The third-order valence-corrected chi connectivity index (χ3v) is 3.62. The lowest BCUT2D eigenvalue weighted by molar-refractivity contribution is -0.384. The van der Waals surface area contributed by atoms with Gasteiger partial charge < -0.3 is 4.74 Å². The normalized spacial score (nSPS) is 10.5. The van der Waals surface area contributed by atoms with E-state index in [1.165, 1.54) is 16.8 Å². The average molecular weight is 352 g/mol. The van der Waals surface area contributed by atoms with Gasteiger partial charge in [-0.3, -0.25) is 10.1 Å². The van der Waals surface area contributed by atoms with Crippen molar-refractivity contribution in [3.63, 3.8) is 0 Å². The predicted molar refractivity (Wildman–Crippen MR) is 93.2 cm³/mol. The lowest BCUT2D eigenvalue weighted by Crippen LogP contribution is -2.14. The highest BCUT2D eigenvalue weighted by atomic mass is 16.6. The quantitative estimate of drug-likeness (QED) is 0.384. The van der Waals surface area contributed by atoms with Crippen LogP contribution in [0.2, 0.25) is 0 Å². The Bertz CT molecular complexity index is 937. The topological polar surface area (TPSA) is 100 Å². The van der Waals surface area contributed by atoms with Crippen molar-refractivity contribution in [2.75, 3.05) is 6.61 Å². The summed E-state index contributed by atoms with van der Waals surface area (Å²) in [6, 6.07) is 15.5. The van der Waals surface area contributed by atoms with E-state index in [9.17, 15) is 14.9 Å². The monoisotopic (exact) mass is 352 g/mol. The molecule has 0 radical (unpaired) electrons. The van der Waals surface area contributed by atoms with E-state index < -0.39 is 10.9 Å². The third kappa shape index (κ3) is 3.59. The van der Waals surface area contributed by atoms with E-state index in [0.717, 1.165) is 5.56 Å². The molecule has 3 rings (SSSR count). The number of para-hydroxylation sites is 2. The molecule has 0 unspecified atom stereocenters. The lowest BCUT2D eigenvalue weighted by atomic mass is 10.1. The summed E-state index contributed by atoms with van der Waals surface area (Å²) in [6.07, 6.45) is 0.390. The molecule has 8 heteroatoms. The molecule has 0 N–H and O–H groups in total. The number of esters is 1. The van der Waals surface area contributed by atoms with Gasteiger partial charge in [-0.05, 0) is 18.6 Å². The number of hydrogen-bond donors (Lipinski definition) is 0. The summed E-state index contributed by atoms with van der Waals surface area (Å²) in [6.45, 7) is 1.84. The molecule has 1 heterocycles. The molecule has 26 heavy (non-hydrogen) atoms. The Kier molecular flexibility index (Phi) is 5.02. The van der Waals surface area contributed by atoms with Gasteiger partial charge in [0.25, 0.3) is 5.69 Å². The van der Waals surface area contributed by atoms with Crippen LogP contribution in [0, 0.1) is 10.1 Å². The van der Waals surface area contributed by atoms with Crippen LogP contribution >= 0.6 is 0 Å². The van der Waals surface area contributed by atoms with Crippen LogP contribution in [0.15, 0.2) is 54.6 Å². The van der Waals surface area contributed by atoms with Crippen molar-refractivity contribution in [1.29, 1.82) is 0 Å². The van der Waals surface area contributed by atoms with E-state index in [1.807, 2.05) is 30.3 Å². The van der Waals surface area contributed by atoms with Crippen LogP contribution in [0.1, 0.15) is 28.9 Å². The summed E-state index contributed by atoms with van der Waals surface area (Å²) in [4.78, 5) is 27.3. The molecule has 0 aliphatic carbocycles. The van der Waals surface area contributed by atoms with Crippen LogP contribution < -0.4 is 0 Å². The maximum Gasteiger partial charge on any atom is 0.376 e. The number of carbonyl (C=O) groups excluding carboxylic acids is 1. The zero-order valence-electron chi connectivity index (χ0n) is 14.0. The number of carbonyl (C=O) groups is 1. The van der Waals surface area contributed by atoms with E-state index in [2.05, 4.69) is 10.1 Å². The van der Waals surface area contributed by atoms with Crippen LogP contribution in [-0.2, 0) is 11.2 Å². The Labute approximate surface area is 149 Å². The van der Waals surface area contributed by atoms with Crippen molar-refractivity contribution < 1.29 is 14.5 Å². The number of benzene rings is 2. The minimum atomic E-state index is -0.683. The second-order valence-electron chi connectivity index (χ2n) is 5.39. The molecule has 0 aliphatic rings. The number of nitro benzene ring substituents is 1. The smallest absolute Gasteiger partial charge is 0.376 e. The second kappa shape index (κ2) is 7.56. The van der Waals surface area contributed by atoms with E-state index in [4.69, 9.17) is 4.74 Å². The van der Waals surface area contributed by atoms with Gasteiger partial charge in [-0.2, -0.15) is 4.68 Å². The van der Waals surface area contributed by atoms with Gasteiger partial charge in [0, 0.05) is 12.5 Å². The molecule has 132 valence electrons. The molecule has 0 aliphatic heterocycles. The Morgan fingerprint density at radius 3 is 2.54 bits per heavy atom. The van der Waals surface area contributed by atoms with Gasteiger partial charge in [-0.25, -0.2) is 9.78 Å². The van der Waals surface area contributed by atoms with Crippen LogP contribution in [0.25, 0.3) is 5.69 Å². The van der Waals surface area contributed by atoms with Gasteiger partial charge >= 0.3 is 5.97 Å². The highest BCUT2D eigenvalue weighted by Crippen LogP contribution is 2.23. The number of nitrogens with zero attached hydrogens (tertiary/aromatic N) is 4. The van der Waals surface area contributed by atoms with E-state index in [1.54, 1.807) is 19.1 Å². The minimum Gasteiger partial charge on any atom is -0.460 e. The van der Waals surface area contributed by atoms with Gasteiger partial charge in [0.2, 0.25) is 5.82 Å². The fourth-order valence-corrected chi connectivity index (χ4v) is 2.50. The van der Waals surface area contributed by atoms with Crippen molar-refractivity contribution >= 4 is 11.7 Å². The zero-order valence-corrected chi connectivity index (χ0v) is 14.0. The van der Waals surface area contributed by atoms with Crippen molar-refractivity contribution in [2.24, 2.45) is 0 Å². The first-order chi connectivity index (χ1) is 12.6. The highest BCUT2D eigenvalue weighted by Gasteiger charge is 2.24. The van der Waals surface area contributed by atoms with Crippen molar-refractivity contribution in [3.05, 3.63) is 81.9 Å². The molecule has 2 aromatic carbocycles. The standard InChI is InChI=1S/C18H16N4O4/c1-2-26-18(23)17-19-16(12-13-8-4-3-5-9-13)20-21(17)14-10-6-7-11-15(14)22(24)25/h3-11H,2,12H2,1H3. The summed E-state index contributed by atoms with van der Waals surface area (Å²) in [5.41, 5.74) is 0.948. The van der Waals surface area contributed by atoms with E-state index in [-0.39, 0.29) is 23.8 Å². The third-order valence-electron chi connectivity index (χ3n) is 3.62. The molecule has 0 fully saturated rings. The lowest BCUT2D eigenvalue weighted by Gasteiger charge is -2.05. The molecule has 0 spiro atoms. The summed E-state index contributed by atoms with van der Waals surface area (Å²) in [5.74, 6) is -0.401. The summed E-state index contributed by atoms with van der Waals surface area (Å²) in [7, 11) is 0. The minimum absolute atomic E-state index is 0.0907. The highest BCUT2D eigenvalue weighted by molar-refractivity contribution is 5.86. The molecule has 0 saturated carbocycles. The average Bonchev–Trinajstić information content (AvgIpc) is 3.06. The molecule has 0 saturated heterocycles. The van der Waals surface area contributed by atoms with Gasteiger partial charge in [0.15, 0.2) is 5.82 Å². The van der Waals surface area contributed by atoms with E-state index in [0.29, 0.717) is 12.2 Å². The number of aromatic nitrogens is 3. The molecular formula is C18H16N4O4. The predicted octanol–water partition coefficient (Wildman–Crippen LogP) is 2.94. The largest absolute Gasteiger partial charge is 0.460 e. The number of hydrogen-bond acceptors (Lipinski definition) is 6. The second-order valence-corrected chi connectivity index (χ2v) is 5.39. The van der Waals surface area contributed by atoms with Crippen LogP contribution in [-0.4, -0.2) is 32.3 Å². The van der Waals surface area contributed by atoms with Crippen LogP contribution in [0.3, 0.4) is 0 Å². The molecule has 0 bridgehead atoms. The summed E-state index contributed by atoms with van der Waals surface area (Å²) < 4.78 is 6.20. The number of nitro groups is 1. The first-order valence-corrected chi connectivity index (χ1v) is 8.01. The molecular weight excluding hydrogens is 336 g/mol. The molecule has 1 aromatic heterocycles. The fourth-order valence-electron chi connectivity index (χ4n) is 2.50. The summed E-state index contributed by atoms with van der Waals surface area (Å²) in [5, 5.41) is 15.7. The Hall–Kier alpha value is -3.55. The van der Waals surface area contributed by atoms with Crippen LogP contribution in [0.5, 0.6) is 0 Å². The summed E-state index contributed by atoms with van der Waals surface area (Å²) >= 11 is 0. The first-order valence-electron chi connectivity index (χ1n) is 8.01. The Morgan fingerprint density at radius 2 is 1.85 bits per heavy atom. The van der Waals surface area contributed by atoms with Crippen LogP contribution in [0.4, 0.5) is 5.69 Å². The van der Waals surface area contributed by atoms with Gasteiger partial charge in [0.05, 0.1) is 11.5 Å².